The SMILES string of the molecule is O=C(c1cccc(F)c1)N1C[C@@H]2CN(C3CCCC3)C[C@@H]2[C@H]1c1ccccc1. The van der Waals surface area contributed by atoms with Gasteiger partial charge in [0.1, 0.15) is 5.82 Å². The predicted octanol–water partition coefficient (Wildman–Crippen LogP) is 4.51. The Kier molecular flexibility index (Phi) is 4.67. The lowest BCUT2D eigenvalue weighted by Gasteiger charge is -2.31. The van der Waals surface area contributed by atoms with Crippen LogP contribution in [0.5, 0.6) is 0 Å². The lowest BCUT2D eigenvalue weighted by Crippen LogP contribution is -2.38. The van der Waals surface area contributed by atoms with Crippen LogP contribution >= 0.6 is 0 Å². The van der Waals surface area contributed by atoms with Gasteiger partial charge in [-0.3, -0.25) is 9.69 Å². The van der Waals surface area contributed by atoms with Crippen LogP contribution in [0.4, 0.5) is 4.39 Å². The van der Waals surface area contributed by atoms with Gasteiger partial charge in [0.15, 0.2) is 0 Å². The van der Waals surface area contributed by atoms with E-state index in [-0.39, 0.29) is 17.8 Å². The van der Waals surface area contributed by atoms with Crippen molar-refractivity contribution in [1.29, 1.82) is 0 Å². The highest BCUT2D eigenvalue weighted by molar-refractivity contribution is 5.94. The van der Waals surface area contributed by atoms with Crippen molar-refractivity contribution in [2.75, 3.05) is 19.6 Å². The molecule has 1 amide bonds. The number of fused-ring (bicyclic) bond motifs is 1. The summed E-state index contributed by atoms with van der Waals surface area (Å²) in [5.41, 5.74) is 1.65. The lowest BCUT2D eigenvalue weighted by molar-refractivity contribution is 0.0693. The Morgan fingerprint density at radius 1 is 0.929 bits per heavy atom. The molecule has 0 unspecified atom stereocenters. The first-order chi connectivity index (χ1) is 13.7. The molecule has 2 saturated heterocycles. The minimum absolute atomic E-state index is 0.0461. The van der Waals surface area contributed by atoms with Crippen molar-refractivity contribution in [1.82, 2.24) is 9.80 Å². The highest BCUT2D eigenvalue weighted by atomic mass is 19.1. The second kappa shape index (κ2) is 7.32. The molecular formula is C24H27FN2O. The molecule has 1 aliphatic carbocycles. The van der Waals surface area contributed by atoms with Gasteiger partial charge < -0.3 is 4.90 Å². The van der Waals surface area contributed by atoms with Crippen LogP contribution in [0.3, 0.4) is 0 Å². The molecule has 3 aliphatic rings. The van der Waals surface area contributed by atoms with E-state index in [0.29, 0.717) is 17.4 Å². The third-order valence-corrected chi connectivity index (χ3v) is 7.01. The molecule has 28 heavy (non-hydrogen) atoms. The summed E-state index contributed by atoms with van der Waals surface area (Å²) in [5.74, 6) is 0.563. The van der Waals surface area contributed by atoms with Gasteiger partial charge in [-0.1, -0.05) is 49.2 Å². The van der Waals surface area contributed by atoms with Crippen molar-refractivity contribution in [3.05, 3.63) is 71.5 Å². The van der Waals surface area contributed by atoms with Crippen molar-refractivity contribution in [2.45, 2.75) is 37.8 Å². The van der Waals surface area contributed by atoms with Crippen LogP contribution in [0.25, 0.3) is 0 Å². The summed E-state index contributed by atoms with van der Waals surface area (Å²) in [6, 6.07) is 17.3. The molecule has 2 aromatic rings. The first-order valence-electron chi connectivity index (χ1n) is 10.6. The van der Waals surface area contributed by atoms with E-state index in [0.717, 1.165) is 25.7 Å². The zero-order valence-electron chi connectivity index (χ0n) is 16.1. The Labute approximate surface area is 166 Å². The third-order valence-electron chi connectivity index (χ3n) is 7.01. The molecule has 0 spiro atoms. The molecule has 4 heteroatoms. The molecular weight excluding hydrogens is 351 g/mol. The van der Waals surface area contributed by atoms with Gasteiger partial charge in [0, 0.05) is 37.2 Å². The third kappa shape index (κ3) is 3.14. The van der Waals surface area contributed by atoms with Crippen molar-refractivity contribution in [3.63, 3.8) is 0 Å². The molecule has 3 nitrogen and oxygen atoms in total. The molecule has 3 fully saturated rings. The van der Waals surface area contributed by atoms with E-state index in [4.69, 9.17) is 0 Å². The highest BCUT2D eigenvalue weighted by Gasteiger charge is 2.50. The van der Waals surface area contributed by atoms with Crippen LogP contribution in [-0.4, -0.2) is 41.4 Å². The van der Waals surface area contributed by atoms with Gasteiger partial charge >= 0.3 is 0 Å². The molecule has 0 N–H and O–H groups in total. The van der Waals surface area contributed by atoms with Gasteiger partial charge in [-0.05, 0) is 42.5 Å². The van der Waals surface area contributed by atoms with E-state index in [9.17, 15) is 9.18 Å². The van der Waals surface area contributed by atoms with E-state index in [2.05, 4.69) is 29.2 Å². The molecule has 1 saturated carbocycles. The summed E-state index contributed by atoms with van der Waals surface area (Å²) in [5, 5.41) is 0. The summed E-state index contributed by atoms with van der Waals surface area (Å²) >= 11 is 0. The fraction of sp³-hybridized carbons (Fsp3) is 0.458. The van der Waals surface area contributed by atoms with Gasteiger partial charge in [0.05, 0.1) is 6.04 Å². The molecule has 2 heterocycles. The maximum Gasteiger partial charge on any atom is 0.254 e. The van der Waals surface area contributed by atoms with Crippen LogP contribution in [0.1, 0.15) is 47.6 Å². The topological polar surface area (TPSA) is 23.6 Å². The van der Waals surface area contributed by atoms with E-state index in [1.807, 2.05) is 11.0 Å². The molecule has 2 aromatic carbocycles. The summed E-state index contributed by atoms with van der Waals surface area (Å²) in [7, 11) is 0. The number of benzene rings is 2. The second-order valence-corrected chi connectivity index (χ2v) is 8.64. The number of rotatable bonds is 3. The summed E-state index contributed by atoms with van der Waals surface area (Å²) in [6.45, 7) is 2.93. The average molecular weight is 378 g/mol. The number of halogens is 1. The van der Waals surface area contributed by atoms with Crippen molar-refractivity contribution < 1.29 is 9.18 Å². The number of amides is 1. The first kappa shape index (κ1) is 17.9. The van der Waals surface area contributed by atoms with Crippen molar-refractivity contribution in [3.8, 4) is 0 Å². The summed E-state index contributed by atoms with van der Waals surface area (Å²) in [4.78, 5) is 18.0. The van der Waals surface area contributed by atoms with E-state index >= 15 is 0 Å². The Morgan fingerprint density at radius 3 is 2.46 bits per heavy atom. The molecule has 0 bridgehead atoms. The largest absolute Gasteiger partial charge is 0.331 e. The average Bonchev–Trinajstić information content (AvgIpc) is 3.43. The van der Waals surface area contributed by atoms with Crippen LogP contribution < -0.4 is 0 Å². The van der Waals surface area contributed by atoms with Gasteiger partial charge in [-0.2, -0.15) is 0 Å². The Bertz CT molecular complexity index is 849. The number of likely N-dealkylation sites (tertiary alicyclic amines) is 2. The molecule has 0 aromatic heterocycles. The monoisotopic (exact) mass is 378 g/mol. The minimum atomic E-state index is -0.353. The zero-order valence-corrected chi connectivity index (χ0v) is 16.1. The van der Waals surface area contributed by atoms with Gasteiger partial charge in [0.25, 0.3) is 5.91 Å². The van der Waals surface area contributed by atoms with Crippen molar-refractivity contribution in [2.24, 2.45) is 11.8 Å². The van der Waals surface area contributed by atoms with Gasteiger partial charge in [-0.15, -0.1) is 0 Å². The maximum absolute atomic E-state index is 13.7. The normalized spacial score (nSPS) is 28.0. The number of hydrogen-bond acceptors (Lipinski definition) is 2. The quantitative estimate of drug-likeness (QED) is 0.784. The van der Waals surface area contributed by atoms with Crippen LogP contribution in [-0.2, 0) is 0 Å². The number of nitrogens with zero attached hydrogens (tertiary/aromatic N) is 2. The lowest BCUT2D eigenvalue weighted by atomic mass is 9.89. The fourth-order valence-corrected chi connectivity index (χ4v) is 5.72. The summed E-state index contributed by atoms with van der Waals surface area (Å²) < 4.78 is 13.7. The Morgan fingerprint density at radius 2 is 1.71 bits per heavy atom. The number of carbonyl (C=O) groups excluding carboxylic acids is 1. The highest BCUT2D eigenvalue weighted by Crippen LogP contribution is 2.46. The van der Waals surface area contributed by atoms with Crippen LogP contribution in [0.15, 0.2) is 54.6 Å². The van der Waals surface area contributed by atoms with E-state index in [1.165, 1.54) is 43.4 Å². The zero-order chi connectivity index (χ0) is 19.1. The number of carbonyl (C=O) groups is 1. The van der Waals surface area contributed by atoms with Gasteiger partial charge in [0.2, 0.25) is 0 Å². The maximum atomic E-state index is 13.7. The Hall–Kier alpha value is -2.20. The van der Waals surface area contributed by atoms with Crippen LogP contribution in [0, 0.1) is 17.7 Å². The van der Waals surface area contributed by atoms with E-state index < -0.39 is 0 Å². The fourth-order valence-electron chi connectivity index (χ4n) is 5.72. The number of hydrogen-bond donors (Lipinski definition) is 0. The molecule has 0 radical (unpaired) electrons. The summed E-state index contributed by atoms with van der Waals surface area (Å²) in [6.07, 6.45) is 5.34. The smallest absolute Gasteiger partial charge is 0.254 e. The van der Waals surface area contributed by atoms with Crippen LogP contribution in [0.2, 0.25) is 0 Å². The molecule has 5 rings (SSSR count). The predicted molar refractivity (Wildman–Crippen MR) is 107 cm³/mol. The first-order valence-corrected chi connectivity index (χ1v) is 10.6. The van der Waals surface area contributed by atoms with E-state index in [1.54, 1.807) is 12.1 Å². The molecule has 146 valence electrons. The molecule has 3 atom stereocenters. The second-order valence-electron chi connectivity index (χ2n) is 8.64. The van der Waals surface area contributed by atoms with Crippen molar-refractivity contribution >= 4 is 5.91 Å². The Balaban J connectivity index is 1.44. The minimum Gasteiger partial charge on any atom is -0.331 e. The van der Waals surface area contributed by atoms with Gasteiger partial charge in [-0.25, -0.2) is 4.39 Å². The molecule has 2 aliphatic heterocycles. The standard InChI is InChI=1S/C24H27FN2O/c25-20-10-6-9-18(13-20)24(28)27-15-19-14-26(21-11-4-5-12-21)16-22(19)23(27)17-7-2-1-3-8-17/h1-3,6-10,13,19,21-23H,4-5,11-12,14-16H2/t19-,22-,23+/m0/s1.